The summed E-state index contributed by atoms with van der Waals surface area (Å²) >= 11 is 0. The number of anilines is 1. The Morgan fingerprint density at radius 3 is 2.73 bits per heavy atom. The highest BCUT2D eigenvalue weighted by Crippen LogP contribution is 2.20. The van der Waals surface area contributed by atoms with Crippen LogP contribution in [0.25, 0.3) is 11.4 Å². The average molecular weight is 351 g/mol. The Hall–Kier alpha value is -3.15. The van der Waals surface area contributed by atoms with Gasteiger partial charge in [-0.25, -0.2) is 0 Å². The van der Waals surface area contributed by atoms with E-state index < -0.39 is 0 Å². The van der Waals surface area contributed by atoms with Crippen LogP contribution in [-0.2, 0) is 11.2 Å². The fourth-order valence-corrected chi connectivity index (χ4v) is 2.56. The first-order chi connectivity index (χ1) is 12.6. The number of carbonyl (C=O) groups excluding carboxylic acids is 1. The molecule has 0 saturated carbocycles. The van der Waals surface area contributed by atoms with Crippen LogP contribution in [0.5, 0.6) is 5.75 Å². The Kier molecular flexibility index (Phi) is 5.63. The molecule has 0 spiro atoms. The Morgan fingerprint density at radius 1 is 1.19 bits per heavy atom. The average Bonchev–Trinajstić information content (AvgIpc) is 3.11. The first-order valence-corrected chi connectivity index (χ1v) is 8.47. The second-order valence-corrected chi connectivity index (χ2v) is 6.01. The number of aromatic nitrogens is 2. The summed E-state index contributed by atoms with van der Waals surface area (Å²) in [5.41, 5.74) is 2.78. The highest BCUT2D eigenvalue weighted by Gasteiger charge is 2.10. The van der Waals surface area contributed by atoms with Crippen molar-refractivity contribution in [3.8, 4) is 17.1 Å². The van der Waals surface area contributed by atoms with Crippen LogP contribution in [0.1, 0.15) is 24.3 Å². The largest absolute Gasteiger partial charge is 0.497 e. The molecule has 0 saturated heterocycles. The molecular formula is C20H21N3O3. The molecule has 0 unspecified atom stereocenters. The van der Waals surface area contributed by atoms with Gasteiger partial charge in [0.2, 0.25) is 17.6 Å². The summed E-state index contributed by atoms with van der Waals surface area (Å²) in [6, 6.07) is 15.2. The van der Waals surface area contributed by atoms with Crippen molar-refractivity contribution in [1.82, 2.24) is 10.1 Å². The van der Waals surface area contributed by atoms with Crippen LogP contribution in [0.3, 0.4) is 0 Å². The van der Waals surface area contributed by atoms with E-state index in [1.807, 2.05) is 55.5 Å². The van der Waals surface area contributed by atoms with E-state index >= 15 is 0 Å². The maximum atomic E-state index is 12.0. The number of hydrogen-bond acceptors (Lipinski definition) is 5. The molecule has 0 aliphatic rings. The summed E-state index contributed by atoms with van der Waals surface area (Å²) in [5.74, 6) is 1.81. The number of benzene rings is 2. The van der Waals surface area contributed by atoms with Gasteiger partial charge < -0.3 is 14.6 Å². The highest BCUT2D eigenvalue weighted by molar-refractivity contribution is 5.90. The van der Waals surface area contributed by atoms with Gasteiger partial charge in [-0.05, 0) is 55.3 Å². The Balaban J connectivity index is 1.49. The quantitative estimate of drug-likeness (QED) is 0.696. The molecule has 2 aromatic carbocycles. The van der Waals surface area contributed by atoms with E-state index in [9.17, 15) is 4.79 Å². The third-order valence-electron chi connectivity index (χ3n) is 3.91. The first kappa shape index (κ1) is 17.7. The number of nitrogens with one attached hydrogen (secondary N) is 1. The summed E-state index contributed by atoms with van der Waals surface area (Å²) in [6.07, 6.45) is 1.60. The Bertz CT molecular complexity index is 872. The van der Waals surface area contributed by atoms with Gasteiger partial charge in [-0.15, -0.1) is 0 Å². The van der Waals surface area contributed by atoms with Gasteiger partial charge in [0.25, 0.3) is 0 Å². The van der Waals surface area contributed by atoms with E-state index in [-0.39, 0.29) is 5.91 Å². The standard InChI is InChI=1S/C20H21N3O3/c1-14-5-3-6-16(13-14)21-18(24)7-4-8-19-22-20(23-26-19)15-9-11-17(25-2)12-10-15/h3,5-6,9-13H,4,7-8H2,1-2H3,(H,21,24). The summed E-state index contributed by atoms with van der Waals surface area (Å²) in [7, 11) is 1.62. The van der Waals surface area contributed by atoms with E-state index in [0.717, 1.165) is 22.6 Å². The maximum absolute atomic E-state index is 12.0. The van der Waals surface area contributed by atoms with Gasteiger partial charge in [-0.1, -0.05) is 17.3 Å². The van der Waals surface area contributed by atoms with Gasteiger partial charge in [-0.2, -0.15) is 4.98 Å². The lowest BCUT2D eigenvalue weighted by Gasteiger charge is -2.05. The van der Waals surface area contributed by atoms with Gasteiger partial charge in [0.1, 0.15) is 5.75 Å². The number of amides is 1. The molecule has 0 atom stereocenters. The number of hydrogen-bond donors (Lipinski definition) is 1. The van der Waals surface area contributed by atoms with Crippen molar-refractivity contribution < 1.29 is 14.1 Å². The smallest absolute Gasteiger partial charge is 0.226 e. The third kappa shape index (κ3) is 4.69. The van der Waals surface area contributed by atoms with Crippen molar-refractivity contribution in [3.63, 3.8) is 0 Å². The second kappa shape index (κ2) is 8.29. The molecule has 0 aliphatic heterocycles. The monoisotopic (exact) mass is 351 g/mol. The molecule has 134 valence electrons. The molecule has 6 heteroatoms. The summed E-state index contributed by atoms with van der Waals surface area (Å²) in [4.78, 5) is 16.4. The molecule has 3 rings (SSSR count). The van der Waals surface area contributed by atoms with Gasteiger partial charge in [0, 0.05) is 24.1 Å². The SMILES string of the molecule is COc1ccc(-c2noc(CCCC(=O)Nc3cccc(C)c3)n2)cc1. The number of methoxy groups -OCH3 is 1. The van der Waals surface area contributed by atoms with Crippen LogP contribution >= 0.6 is 0 Å². The predicted octanol–water partition coefficient (Wildman–Crippen LogP) is 4.02. The number of rotatable bonds is 7. The van der Waals surface area contributed by atoms with Crippen LogP contribution in [0, 0.1) is 6.92 Å². The van der Waals surface area contributed by atoms with E-state index in [4.69, 9.17) is 9.26 Å². The number of ether oxygens (including phenoxy) is 1. The summed E-state index contributed by atoms with van der Waals surface area (Å²) in [6.45, 7) is 1.99. The molecule has 0 aliphatic carbocycles. The van der Waals surface area contributed by atoms with Gasteiger partial charge >= 0.3 is 0 Å². The van der Waals surface area contributed by atoms with Crippen molar-refractivity contribution in [1.29, 1.82) is 0 Å². The van der Waals surface area contributed by atoms with E-state index in [1.165, 1.54) is 0 Å². The Labute approximate surface area is 152 Å². The van der Waals surface area contributed by atoms with Gasteiger partial charge in [0.15, 0.2) is 0 Å². The minimum Gasteiger partial charge on any atom is -0.497 e. The number of nitrogens with zero attached hydrogens (tertiary/aromatic N) is 2. The van der Waals surface area contributed by atoms with Crippen LogP contribution < -0.4 is 10.1 Å². The third-order valence-corrected chi connectivity index (χ3v) is 3.91. The van der Waals surface area contributed by atoms with Crippen LogP contribution in [0.2, 0.25) is 0 Å². The number of aryl methyl sites for hydroxylation is 2. The lowest BCUT2D eigenvalue weighted by atomic mass is 10.2. The molecule has 0 radical (unpaired) electrons. The van der Waals surface area contributed by atoms with Crippen molar-refractivity contribution in [2.24, 2.45) is 0 Å². The molecule has 3 aromatic rings. The molecule has 6 nitrogen and oxygen atoms in total. The second-order valence-electron chi connectivity index (χ2n) is 6.01. The molecule has 1 N–H and O–H groups in total. The zero-order valence-corrected chi connectivity index (χ0v) is 14.9. The molecule has 0 bridgehead atoms. The van der Waals surface area contributed by atoms with E-state index in [2.05, 4.69) is 15.5 Å². The van der Waals surface area contributed by atoms with Crippen LogP contribution in [-0.4, -0.2) is 23.2 Å². The first-order valence-electron chi connectivity index (χ1n) is 8.47. The van der Waals surface area contributed by atoms with Crippen molar-refractivity contribution in [2.75, 3.05) is 12.4 Å². The fraction of sp³-hybridized carbons (Fsp3) is 0.250. The molecule has 1 amide bonds. The van der Waals surface area contributed by atoms with Crippen LogP contribution in [0.4, 0.5) is 5.69 Å². The summed E-state index contributed by atoms with van der Waals surface area (Å²) < 4.78 is 10.4. The molecular weight excluding hydrogens is 330 g/mol. The molecule has 1 heterocycles. The van der Waals surface area contributed by atoms with Gasteiger partial charge in [0.05, 0.1) is 7.11 Å². The molecule has 26 heavy (non-hydrogen) atoms. The molecule has 0 fully saturated rings. The zero-order chi connectivity index (χ0) is 18.4. The normalized spacial score (nSPS) is 10.5. The Morgan fingerprint density at radius 2 is 2.00 bits per heavy atom. The highest BCUT2D eigenvalue weighted by atomic mass is 16.5. The van der Waals surface area contributed by atoms with Gasteiger partial charge in [-0.3, -0.25) is 4.79 Å². The number of carbonyl (C=O) groups is 1. The zero-order valence-electron chi connectivity index (χ0n) is 14.9. The maximum Gasteiger partial charge on any atom is 0.226 e. The van der Waals surface area contributed by atoms with Crippen molar-refractivity contribution in [3.05, 3.63) is 60.0 Å². The minimum absolute atomic E-state index is 0.0227. The topological polar surface area (TPSA) is 77.2 Å². The van der Waals surface area contributed by atoms with E-state index in [0.29, 0.717) is 31.0 Å². The summed E-state index contributed by atoms with van der Waals surface area (Å²) in [5, 5.41) is 6.88. The lowest BCUT2D eigenvalue weighted by Crippen LogP contribution is -2.11. The van der Waals surface area contributed by atoms with E-state index in [1.54, 1.807) is 7.11 Å². The fourth-order valence-electron chi connectivity index (χ4n) is 2.56. The van der Waals surface area contributed by atoms with Crippen molar-refractivity contribution in [2.45, 2.75) is 26.2 Å². The van der Waals surface area contributed by atoms with Crippen LogP contribution in [0.15, 0.2) is 53.1 Å². The molecule has 1 aromatic heterocycles. The predicted molar refractivity (Wildman–Crippen MR) is 99.0 cm³/mol. The minimum atomic E-state index is -0.0227. The van der Waals surface area contributed by atoms with Crippen molar-refractivity contribution >= 4 is 11.6 Å². The lowest BCUT2D eigenvalue weighted by molar-refractivity contribution is -0.116.